The zero-order valence-corrected chi connectivity index (χ0v) is 10.9. The Morgan fingerprint density at radius 1 is 1.26 bits per heavy atom. The van der Waals surface area contributed by atoms with Gasteiger partial charge in [-0.1, -0.05) is 6.42 Å². The first-order valence-electron chi connectivity index (χ1n) is 5.91. The Hall–Kier alpha value is -1.47. The molecule has 5 nitrogen and oxygen atoms in total. The highest BCUT2D eigenvalue weighted by atomic mass is 32.2. The molecule has 0 radical (unpaired) electrons. The molecule has 0 saturated heterocycles. The zero-order valence-electron chi connectivity index (χ0n) is 10.0. The molecule has 2 atom stereocenters. The van der Waals surface area contributed by atoms with Crippen molar-refractivity contribution in [1.82, 2.24) is 4.72 Å². The molecule has 1 aliphatic carbocycles. The van der Waals surface area contributed by atoms with Gasteiger partial charge in [-0.25, -0.2) is 17.5 Å². The molecule has 0 heterocycles. The molecule has 2 rings (SSSR count). The fourth-order valence-electron chi connectivity index (χ4n) is 2.28. The lowest BCUT2D eigenvalue weighted by atomic mass is 10.1. The number of halogens is 1. The van der Waals surface area contributed by atoms with Gasteiger partial charge in [-0.2, -0.15) is 0 Å². The van der Waals surface area contributed by atoms with Crippen molar-refractivity contribution in [2.24, 2.45) is 5.92 Å². The molecule has 1 aromatic carbocycles. The lowest BCUT2D eigenvalue weighted by molar-refractivity contribution is -0.141. The van der Waals surface area contributed by atoms with Crippen LogP contribution in [0, 0.1) is 11.7 Å². The SMILES string of the molecule is O=C(O)C1CCCC1NS(=O)(=O)c1ccc(F)cc1. The van der Waals surface area contributed by atoms with Gasteiger partial charge in [-0.05, 0) is 37.1 Å². The summed E-state index contributed by atoms with van der Waals surface area (Å²) in [6.07, 6.45) is 1.64. The normalized spacial score (nSPS) is 23.4. The first kappa shape index (κ1) is 14.0. The average Bonchev–Trinajstić information content (AvgIpc) is 2.77. The van der Waals surface area contributed by atoms with Crippen LogP contribution < -0.4 is 4.72 Å². The Balaban J connectivity index is 2.17. The highest BCUT2D eigenvalue weighted by Crippen LogP contribution is 2.27. The molecule has 7 heteroatoms. The quantitative estimate of drug-likeness (QED) is 0.875. The summed E-state index contributed by atoms with van der Waals surface area (Å²) in [4.78, 5) is 10.9. The standard InChI is InChI=1S/C12H14FNO4S/c13-8-4-6-9(7-5-8)19(17,18)14-11-3-1-2-10(11)12(15)16/h4-7,10-11,14H,1-3H2,(H,15,16). The second kappa shape index (κ2) is 5.26. The maximum absolute atomic E-state index is 12.8. The molecule has 104 valence electrons. The van der Waals surface area contributed by atoms with Crippen LogP contribution in [-0.2, 0) is 14.8 Å². The number of benzene rings is 1. The summed E-state index contributed by atoms with van der Waals surface area (Å²) >= 11 is 0. The summed E-state index contributed by atoms with van der Waals surface area (Å²) in [6.45, 7) is 0. The zero-order chi connectivity index (χ0) is 14.0. The minimum atomic E-state index is -3.81. The number of rotatable bonds is 4. The van der Waals surface area contributed by atoms with E-state index < -0.39 is 33.8 Å². The van der Waals surface area contributed by atoms with Gasteiger partial charge >= 0.3 is 5.97 Å². The average molecular weight is 287 g/mol. The smallest absolute Gasteiger partial charge is 0.308 e. The number of nitrogens with one attached hydrogen (secondary N) is 1. The van der Waals surface area contributed by atoms with E-state index in [4.69, 9.17) is 5.11 Å². The third kappa shape index (κ3) is 3.10. The Bertz CT molecular complexity index is 570. The molecule has 1 saturated carbocycles. The number of hydrogen-bond acceptors (Lipinski definition) is 3. The fourth-order valence-corrected chi connectivity index (χ4v) is 3.59. The highest BCUT2D eigenvalue weighted by molar-refractivity contribution is 7.89. The Kier molecular flexibility index (Phi) is 3.86. The minimum absolute atomic E-state index is 0.0649. The van der Waals surface area contributed by atoms with E-state index in [9.17, 15) is 17.6 Å². The fraction of sp³-hybridized carbons (Fsp3) is 0.417. The van der Waals surface area contributed by atoms with Crippen molar-refractivity contribution in [2.45, 2.75) is 30.2 Å². The summed E-state index contributed by atoms with van der Waals surface area (Å²) in [5.41, 5.74) is 0. The number of hydrogen-bond donors (Lipinski definition) is 2. The molecule has 2 N–H and O–H groups in total. The molecule has 0 spiro atoms. The summed E-state index contributed by atoms with van der Waals surface area (Å²) in [6, 6.07) is 3.81. The molecule has 1 aromatic rings. The molecule has 0 aromatic heterocycles. The van der Waals surface area contributed by atoms with Gasteiger partial charge in [0.25, 0.3) is 0 Å². The van der Waals surface area contributed by atoms with Crippen LogP contribution in [0.15, 0.2) is 29.2 Å². The third-order valence-corrected chi connectivity index (χ3v) is 4.77. The van der Waals surface area contributed by atoms with Gasteiger partial charge in [0, 0.05) is 6.04 Å². The molecule has 2 unspecified atom stereocenters. The molecular formula is C12H14FNO4S. The van der Waals surface area contributed by atoms with Gasteiger partial charge < -0.3 is 5.11 Å². The summed E-state index contributed by atoms with van der Waals surface area (Å²) < 4.78 is 39.2. The van der Waals surface area contributed by atoms with Gasteiger partial charge in [0.1, 0.15) is 5.82 Å². The van der Waals surface area contributed by atoms with E-state index >= 15 is 0 Å². The van der Waals surface area contributed by atoms with Crippen LogP contribution in [-0.4, -0.2) is 25.5 Å². The van der Waals surface area contributed by atoms with Gasteiger partial charge in [0.05, 0.1) is 10.8 Å². The number of carboxylic acid groups (broad SMARTS) is 1. The van der Waals surface area contributed by atoms with Crippen LogP contribution in [0.4, 0.5) is 4.39 Å². The predicted octanol–water partition coefficient (Wildman–Crippen LogP) is 1.36. The molecule has 0 aliphatic heterocycles. The van der Waals surface area contributed by atoms with Crippen LogP contribution in [0.1, 0.15) is 19.3 Å². The third-order valence-electron chi connectivity index (χ3n) is 3.26. The van der Waals surface area contributed by atoms with Crippen molar-refractivity contribution in [3.05, 3.63) is 30.1 Å². The lowest BCUT2D eigenvalue weighted by Gasteiger charge is -2.17. The number of aliphatic carboxylic acids is 1. The highest BCUT2D eigenvalue weighted by Gasteiger charge is 2.35. The van der Waals surface area contributed by atoms with Crippen LogP contribution in [0.3, 0.4) is 0 Å². The van der Waals surface area contributed by atoms with Gasteiger partial charge in [0.15, 0.2) is 0 Å². The van der Waals surface area contributed by atoms with Crippen molar-refractivity contribution in [1.29, 1.82) is 0 Å². The topological polar surface area (TPSA) is 83.5 Å². The second-order valence-corrected chi connectivity index (χ2v) is 6.27. The van der Waals surface area contributed by atoms with Gasteiger partial charge in [-0.15, -0.1) is 0 Å². The van der Waals surface area contributed by atoms with Crippen LogP contribution in [0.5, 0.6) is 0 Å². The molecular weight excluding hydrogens is 273 g/mol. The van der Waals surface area contributed by atoms with Crippen molar-refractivity contribution in [2.75, 3.05) is 0 Å². The van der Waals surface area contributed by atoms with Crippen molar-refractivity contribution < 1.29 is 22.7 Å². The second-order valence-electron chi connectivity index (χ2n) is 4.56. The molecule has 19 heavy (non-hydrogen) atoms. The predicted molar refractivity (Wildman–Crippen MR) is 65.5 cm³/mol. The maximum atomic E-state index is 12.8. The van der Waals surface area contributed by atoms with Gasteiger partial charge in [-0.3, -0.25) is 4.79 Å². The molecule has 1 aliphatic rings. The maximum Gasteiger partial charge on any atom is 0.308 e. The van der Waals surface area contributed by atoms with Gasteiger partial charge in [0.2, 0.25) is 10.0 Å². The first-order valence-corrected chi connectivity index (χ1v) is 7.39. The van der Waals surface area contributed by atoms with E-state index in [0.717, 1.165) is 24.3 Å². The number of carbonyl (C=O) groups is 1. The molecule has 0 amide bonds. The Morgan fingerprint density at radius 2 is 1.89 bits per heavy atom. The van der Waals surface area contributed by atoms with Crippen molar-refractivity contribution in [3.63, 3.8) is 0 Å². The van der Waals surface area contributed by atoms with E-state index in [1.165, 1.54) is 0 Å². The number of sulfonamides is 1. The van der Waals surface area contributed by atoms with Crippen LogP contribution in [0.2, 0.25) is 0 Å². The van der Waals surface area contributed by atoms with Crippen molar-refractivity contribution in [3.8, 4) is 0 Å². The lowest BCUT2D eigenvalue weighted by Crippen LogP contribution is -2.40. The largest absolute Gasteiger partial charge is 0.481 e. The monoisotopic (exact) mass is 287 g/mol. The first-order chi connectivity index (χ1) is 8.90. The van der Waals surface area contributed by atoms with E-state index in [1.807, 2.05) is 0 Å². The molecule has 1 fully saturated rings. The van der Waals surface area contributed by atoms with E-state index in [1.54, 1.807) is 0 Å². The van der Waals surface area contributed by atoms with Crippen LogP contribution >= 0.6 is 0 Å². The Morgan fingerprint density at radius 3 is 2.47 bits per heavy atom. The minimum Gasteiger partial charge on any atom is -0.481 e. The molecule has 0 bridgehead atoms. The summed E-state index contributed by atoms with van der Waals surface area (Å²) in [5.74, 6) is -2.22. The van der Waals surface area contributed by atoms with E-state index in [2.05, 4.69) is 4.72 Å². The van der Waals surface area contributed by atoms with Crippen LogP contribution in [0.25, 0.3) is 0 Å². The van der Waals surface area contributed by atoms with E-state index in [-0.39, 0.29) is 4.90 Å². The van der Waals surface area contributed by atoms with Crippen molar-refractivity contribution >= 4 is 16.0 Å². The Labute approximate surface area is 110 Å². The number of carboxylic acids is 1. The summed E-state index contributed by atoms with van der Waals surface area (Å²) in [7, 11) is -3.81. The van der Waals surface area contributed by atoms with E-state index in [0.29, 0.717) is 19.3 Å². The summed E-state index contributed by atoms with van der Waals surface area (Å²) in [5, 5.41) is 9.00.